The third kappa shape index (κ3) is 3.95. The monoisotopic (exact) mass is 488 g/mol. The van der Waals surface area contributed by atoms with E-state index in [0.29, 0.717) is 12.2 Å². The van der Waals surface area contributed by atoms with Crippen LogP contribution in [0.2, 0.25) is 0 Å². The predicted molar refractivity (Wildman–Crippen MR) is 137 cm³/mol. The largest absolute Gasteiger partial charge is 0.493 e. The van der Waals surface area contributed by atoms with E-state index in [9.17, 15) is 4.79 Å². The van der Waals surface area contributed by atoms with Gasteiger partial charge in [0.2, 0.25) is 11.0 Å². The number of carbonyl (C=O) groups is 1. The first-order valence-corrected chi connectivity index (χ1v) is 12.9. The molecule has 1 saturated carbocycles. The standard InChI is InChI=1S/C27H28N4O3S/c1-15-8-10-20-23(12-15)35-27(28-20)31-26-25(16(2)30-31)19(14-24(32)29-26)17-9-11-21(33-3)22(13-17)34-18-6-4-5-7-18/h8-13,18-19H,4-7,14H2,1-3H3,(H,29,32)/t19-/m1/s1. The molecule has 1 fully saturated rings. The number of benzene rings is 2. The summed E-state index contributed by atoms with van der Waals surface area (Å²) in [5.74, 6) is 2.01. The van der Waals surface area contributed by atoms with Gasteiger partial charge in [-0.25, -0.2) is 4.98 Å². The number of nitrogens with zero attached hydrogens (tertiary/aromatic N) is 3. The smallest absolute Gasteiger partial charge is 0.226 e. The molecule has 0 unspecified atom stereocenters. The number of ether oxygens (including phenoxy) is 2. The summed E-state index contributed by atoms with van der Waals surface area (Å²) in [6.07, 6.45) is 5.10. The van der Waals surface area contributed by atoms with Gasteiger partial charge in [-0.2, -0.15) is 9.78 Å². The third-order valence-electron chi connectivity index (χ3n) is 7.00. The number of nitrogens with one attached hydrogen (secondary N) is 1. The number of aromatic nitrogens is 3. The van der Waals surface area contributed by atoms with Crippen molar-refractivity contribution in [2.24, 2.45) is 0 Å². The second-order valence-corrected chi connectivity index (χ2v) is 10.5. The zero-order chi connectivity index (χ0) is 24.1. The van der Waals surface area contributed by atoms with Crippen molar-refractivity contribution in [2.45, 2.75) is 58.0 Å². The highest BCUT2D eigenvalue weighted by atomic mass is 32.1. The van der Waals surface area contributed by atoms with Crippen LogP contribution in [0, 0.1) is 13.8 Å². The first kappa shape index (κ1) is 22.1. The molecular weight excluding hydrogens is 460 g/mol. The highest BCUT2D eigenvalue weighted by molar-refractivity contribution is 7.20. The summed E-state index contributed by atoms with van der Waals surface area (Å²) in [7, 11) is 1.66. The van der Waals surface area contributed by atoms with Crippen molar-refractivity contribution in [1.29, 1.82) is 0 Å². The Hall–Kier alpha value is -3.39. The Labute approximate surface area is 208 Å². The topological polar surface area (TPSA) is 78.3 Å². The van der Waals surface area contributed by atoms with E-state index in [2.05, 4.69) is 24.4 Å². The average molecular weight is 489 g/mol. The number of rotatable bonds is 5. The van der Waals surface area contributed by atoms with E-state index in [-0.39, 0.29) is 17.9 Å². The van der Waals surface area contributed by atoms with Gasteiger partial charge in [-0.05, 0) is 74.9 Å². The van der Waals surface area contributed by atoms with Crippen LogP contribution in [0.3, 0.4) is 0 Å². The van der Waals surface area contributed by atoms with Gasteiger partial charge in [0.25, 0.3) is 0 Å². The van der Waals surface area contributed by atoms with Crippen LogP contribution in [0.5, 0.6) is 11.5 Å². The molecule has 1 N–H and O–H groups in total. The van der Waals surface area contributed by atoms with E-state index in [1.807, 2.05) is 31.2 Å². The minimum absolute atomic E-state index is 0.0327. The molecule has 0 radical (unpaired) electrons. The van der Waals surface area contributed by atoms with Gasteiger partial charge >= 0.3 is 0 Å². The number of thiazole rings is 1. The zero-order valence-electron chi connectivity index (χ0n) is 20.1. The van der Waals surface area contributed by atoms with Crippen molar-refractivity contribution in [3.8, 4) is 16.6 Å². The van der Waals surface area contributed by atoms with Crippen molar-refractivity contribution in [1.82, 2.24) is 14.8 Å². The minimum Gasteiger partial charge on any atom is -0.493 e. The Bertz CT molecular complexity index is 1430. The minimum atomic E-state index is -0.124. The molecule has 3 heterocycles. The maximum Gasteiger partial charge on any atom is 0.226 e. The molecule has 8 heteroatoms. The Morgan fingerprint density at radius 3 is 2.71 bits per heavy atom. The summed E-state index contributed by atoms with van der Waals surface area (Å²) in [6, 6.07) is 12.2. The fraction of sp³-hybridized carbons (Fsp3) is 0.370. The number of hydrogen-bond donors (Lipinski definition) is 1. The summed E-state index contributed by atoms with van der Waals surface area (Å²) in [5.41, 5.74) is 5.05. The molecule has 2 aliphatic rings. The molecule has 2 aromatic heterocycles. The van der Waals surface area contributed by atoms with Crippen LogP contribution in [0.4, 0.5) is 5.82 Å². The maximum atomic E-state index is 12.9. The lowest BCUT2D eigenvalue weighted by atomic mass is 9.85. The fourth-order valence-corrected chi connectivity index (χ4v) is 6.29. The molecule has 1 aliphatic heterocycles. The van der Waals surface area contributed by atoms with Gasteiger partial charge in [0.05, 0.1) is 29.1 Å². The number of fused-ring (bicyclic) bond motifs is 2. The SMILES string of the molecule is COc1ccc([C@H]2CC(=O)Nc3c2c(C)nn3-c2nc3ccc(C)cc3s2)cc1OC1CCCC1. The van der Waals surface area contributed by atoms with E-state index in [4.69, 9.17) is 19.6 Å². The first-order valence-electron chi connectivity index (χ1n) is 12.1. The lowest BCUT2D eigenvalue weighted by molar-refractivity contribution is -0.116. The highest BCUT2D eigenvalue weighted by Gasteiger charge is 2.34. The van der Waals surface area contributed by atoms with Gasteiger partial charge in [0.15, 0.2) is 11.5 Å². The van der Waals surface area contributed by atoms with Crippen molar-refractivity contribution in [3.63, 3.8) is 0 Å². The normalized spacial score (nSPS) is 18.0. The van der Waals surface area contributed by atoms with E-state index >= 15 is 0 Å². The van der Waals surface area contributed by atoms with E-state index < -0.39 is 0 Å². The first-order chi connectivity index (χ1) is 17.0. The molecule has 0 saturated heterocycles. The summed E-state index contributed by atoms with van der Waals surface area (Å²) in [5, 5.41) is 8.64. The fourth-order valence-electron chi connectivity index (χ4n) is 5.27. The number of aryl methyl sites for hydroxylation is 2. The van der Waals surface area contributed by atoms with Gasteiger partial charge in [0, 0.05) is 17.9 Å². The molecular formula is C27H28N4O3S. The van der Waals surface area contributed by atoms with Crippen LogP contribution in [-0.4, -0.2) is 33.9 Å². The summed E-state index contributed by atoms with van der Waals surface area (Å²) in [6.45, 7) is 4.07. The number of hydrogen-bond acceptors (Lipinski definition) is 6. The number of methoxy groups -OCH3 is 1. The lowest BCUT2D eigenvalue weighted by Crippen LogP contribution is -2.25. The Kier molecular flexibility index (Phi) is 5.48. The van der Waals surface area contributed by atoms with Crippen molar-refractivity contribution in [3.05, 3.63) is 58.8 Å². The van der Waals surface area contributed by atoms with E-state index in [1.165, 1.54) is 18.4 Å². The summed E-state index contributed by atoms with van der Waals surface area (Å²) >= 11 is 1.58. The van der Waals surface area contributed by atoms with E-state index in [1.54, 1.807) is 23.1 Å². The quantitative estimate of drug-likeness (QED) is 0.378. The number of amides is 1. The Morgan fingerprint density at radius 1 is 1.09 bits per heavy atom. The maximum absolute atomic E-state index is 12.9. The van der Waals surface area contributed by atoms with Gasteiger partial charge in [-0.1, -0.05) is 23.5 Å². The molecule has 1 atom stereocenters. The van der Waals surface area contributed by atoms with Gasteiger partial charge in [0.1, 0.15) is 5.82 Å². The predicted octanol–water partition coefficient (Wildman–Crippen LogP) is 5.90. The van der Waals surface area contributed by atoms with Gasteiger partial charge in [-0.3, -0.25) is 4.79 Å². The van der Waals surface area contributed by atoms with Gasteiger partial charge in [-0.15, -0.1) is 0 Å². The van der Waals surface area contributed by atoms with Crippen LogP contribution >= 0.6 is 11.3 Å². The summed E-state index contributed by atoms with van der Waals surface area (Å²) in [4.78, 5) is 17.7. The van der Waals surface area contributed by atoms with Crippen molar-refractivity contribution < 1.29 is 14.3 Å². The molecule has 0 spiro atoms. The highest BCUT2D eigenvalue weighted by Crippen LogP contribution is 2.43. The average Bonchev–Trinajstić information content (AvgIpc) is 3.57. The van der Waals surface area contributed by atoms with Gasteiger partial charge < -0.3 is 14.8 Å². The van der Waals surface area contributed by atoms with Crippen molar-refractivity contribution in [2.75, 3.05) is 12.4 Å². The second kappa shape index (κ2) is 8.68. The molecule has 35 heavy (non-hydrogen) atoms. The number of anilines is 1. The van der Waals surface area contributed by atoms with Crippen LogP contribution in [0.25, 0.3) is 15.3 Å². The van der Waals surface area contributed by atoms with Crippen LogP contribution in [0.1, 0.15) is 60.4 Å². The van der Waals surface area contributed by atoms with Crippen molar-refractivity contribution >= 4 is 33.3 Å². The molecule has 180 valence electrons. The molecule has 7 nitrogen and oxygen atoms in total. The molecule has 0 bridgehead atoms. The van der Waals surface area contributed by atoms with Crippen LogP contribution in [0.15, 0.2) is 36.4 Å². The molecule has 2 aromatic carbocycles. The Morgan fingerprint density at radius 2 is 1.91 bits per heavy atom. The number of carbonyl (C=O) groups excluding carboxylic acids is 1. The van der Waals surface area contributed by atoms with E-state index in [0.717, 1.165) is 56.5 Å². The molecule has 1 aliphatic carbocycles. The van der Waals surface area contributed by atoms with Crippen LogP contribution < -0.4 is 14.8 Å². The third-order valence-corrected chi connectivity index (χ3v) is 8.00. The zero-order valence-corrected chi connectivity index (χ0v) is 20.9. The summed E-state index contributed by atoms with van der Waals surface area (Å²) < 4.78 is 14.8. The van der Waals surface area contributed by atoms with Crippen LogP contribution in [-0.2, 0) is 4.79 Å². The lowest BCUT2D eigenvalue weighted by Gasteiger charge is -2.25. The second-order valence-electron chi connectivity index (χ2n) is 9.47. The Balaban J connectivity index is 1.42. The molecule has 4 aromatic rings. The molecule has 1 amide bonds. The molecule has 6 rings (SSSR count).